The lowest BCUT2D eigenvalue weighted by molar-refractivity contribution is -0.383. The molecule has 0 N–H and O–H groups in total. The van der Waals surface area contributed by atoms with Crippen LogP contribution in [-0.4, -0.2) is 30.6 Å². The van der Waals surface area contributed by atoms with E-state index in [-0.39, 0.29) is 10.6 Å². The smallest absolute Gasteiger partial charge is 0.330 e. The summed E-state index contributed by atoms with van der Waals surface area (Å²) in [5.74, 6) is -0.437. The Morgan fingerprint density at radius 3 is 2.81 bits per heavy atom. The number of esters is 1. The molecule has 0 bridgehead atoms. The number of anilines is 1. The zero-order chi connectivity index (χ0) is 15.2. The molecule has 1 fully saturated rings. The van der Waals surface area contributed by atoms with Gasteiger partial charge in [0.2, 0.25) is 0 Å². The fourth-order valence-electron chi connectivity index (χ4n) is 2.27. The Labute approximate surface area is 127 Å². The lowest BCUT2D eigenvalue weighted by Crippen LogP contribution is -2.29. The maximum absolute atomic E-state index is 11.3. The van der Waals surface area contributed by atoms with Gasteiger partial charge < -0.3 is 9.64 Å². The zero-order valence-corrected chi connectivity index (χ0v) is 12.7. The first-order valence-electron chi connectivity index (χ1n) is 7.00. The summed E-state index contributed by atoms with van der Waals surface area (Å²) in [5, 5.41) is 11.9. The molecule has 1 saturated heterocycles. The van der Waals surface area contributed by atoms with Crippen LogP contribution in [0.3, 0.4) is 0 Å². The van der Waals surface area contributed by atoms with Gasteiger partial charge >= 0.3 is 11.7 Å². The highest BCUT2D eigenvalue weighted by atomic mass is 32.1. The molecule has 0 aliphatic carbocycles. The highest BCUT2D eigenvalue weighted by Crippen LogP contribution is 2.39. The summed E-state index contributed by atoms with van der Waals surface area (Å²) in [6.07, 6.45) is 6.17. The summed E-state index contributed by atoms with van der Waals surface area (Å²) in [5.41, 5.74) is 0.116. The van der Waals surface area contributed by atoms with E-state index in [1.807, 2.05) is 0 Å². The van der Waals surface area contributed by atoms with Gasteiger partial charge in [0.1, 0.15) is 0 Å². The fourth-order valence-corrected chi connectivity index (χ4v) is 3.35. The topological polar surface area (TPSA) is 72.7 Å². The van der Waals surface area contributed by atoms with Crippen molar-refractivity contribution in [2.75, 3.05) is 24.6 Å². The third-order valence-electron chi connectivity index (χ3n) is 3.22. The number of hydrogen-bond donors (Lipinski definition) is 0. The number of nitrogens with zero attached hydrogens (tertiary/aromatic N) is 2. The number of rotatable bonds is 5. The maximum Gasteiger partial charge on any atom is 0.330 e. The normalized spacial score (nSPS) is 15.4. The molecule has 6 nitrogen and oxygen atoms in total. The first kappa shape index (κ1) is 15.5. The van der Waals surface area contributed by atoms with E-state index in [9.17, 15) is 14.9 Å². The standard InChI is InChI=1S/C14H18N2O4S/c1-2-20-13(17)7-6-11-10-12(16(18)19)14(21-11)15-8-4-3-5-9-15/h6-7,10H,2-5,8-9H2,1H3/b7-6+. The van der Waals surface area contributed by atoms with E-state index in [1.54, 1.807) is 13.0 Å². The number of ether oxygens (including phenoxy) is 1. The van der Waals surface area contributed by atoms with Crippen LogP contribution in [0.5, 0.6) is 0 Å². The Balaban J connectivity index is 2.20. The van der Waals surface area contributed by atoms with E-state index in [1.165, 1.54) is 29.9 Å². The van der Waals surface area contributed by atoms with Gasteiger partial charge in [0, 0.05) is 30.1 Å². The van der Waals surface area contributed by atoms with Gasteiger partial charge in [0.25, 0.3) is 0 Å². The molecule has 7 heteroatoms. The fraction of sp³-hybridized carbons (Fsp3) is 0.500. The summed E-state index contributed by atoms with van der Waals surface area (Å²) >= 11 is 1.34. The molecule has 1 aromatic heterocycles. The van der Waals surface area contributed by atoms with Crippen molar-refractivity contribution in [1.29, 1.82) is 0 Å². The molecular formula is C14H18N2O4S. The van der Waals surface area contributed by atoms with E-state index < -0.39 is 5.97 Å². The first-order chi connectivity index (χ1) is 10.1. The summed E-state index contributed by atoms with van der Waals surface area (Å²) < 4.78 is 4.80. The second kappa shape index (κ2) is 7.21. The zero-order valence-electron chi connectivity index (χ0n) is 11.9. The van der Waals surface area contributed by atoms with Crippen molar-refractivity contribution >= 4 is 34.1 Å². The molecule has 0 spiro atoms. The third kappa shape index (κ3) is 4.04. The largest absolute Gasteiger partial charge is 0.463 e. The molecule has 0 saturated carbocycles. The lowest BCUT2D eigenvalue weighted by atomic mass is 10.1. The molecule has 1 aromatic rings. The summed E-state index contributed by atoms with van der Waals surface area (Å²) in [7, 11) is 0. The predicted molar refractivity (Wildman–Crippen MR) is 82.7 cm³/mol. The SMILES string of the molecule is CCOC(=O)/C=C/c1cc([N+](=O)[O-])c(N2CCCCC2)s1. The van der Waals surface area contributed by atoms with E-state index in [2.05, 4.69) is 4.90 Å². The van der Waals surface area contributed by atoms with Gasteiger partial charge in [0.05, 0.1) is 11.5 Å². The minimum atomic E-state index is -0.437. The van der Waals surface area contributed by atoms with Crippen molar-refractivity contribution in [2.45, 2.75) is 26.2 Å². The molecule has 21 heavy (non-hydrogen) atoms. The molecule has 0 aromatic carbocycles. The van der Waals surface area contributed by atoms with Gasteiger partial charge in [-0.05, 0) is 32.3 Å². The van der Waals surface area contributed by atoms with Crippen LogP contribution in [-0.2, 0) is 9.53 Å². The Morgan fingerprint density at radius 1 is 1.48 bits per heavy atom. The van der Waals surface area contributed by atoms with Crippen LogP contribution < -0.4 is 4.90 Å². The van der Waals surface area contributed by atoms with E-state index in [0.29, 0.717) is 16.5 Å². The monoisotopic (exact) mass is 310 g/mol. The molecule has 1 aliphatic heterocycles. The molecule has 1 aliphatic rings. The average Bonchev–Trinajstić information content (AvgIpc) is 2.91. The van der Waals surface area contributed by atoms with Crippen molar-refractivity contribution in [1.82, 2.24) is 0 Å². The molecule has 0 atom stereocenters. The van der Waals surface area contributed by atoms with Gasteiger partial charge in [-0.1, -0.05) is 0 Å². The number of carbonyl (C=O) groups excluding carboxylic acids is 1. The third-order valence-corrected chi connectivity index (χ3v) is 4.37. The molecule has 114 valence electrons. The Morgan fingerprint density at radius 2 is 2.19 bits per heavy atom. The van der Waals surface area contributed by atoms with Crippen LogP contribution in [0, 0.1) is 10.1 Å². The Bertz CT molecular complexity index is 547. The van der Waals surface area contributed by atoms with Crippen molar-refractivity contribution in [3.8, 4) is 0 Å². The minimum Gasteiger partial charge on any atom is -0.463 e. The van der Waals surface area contributed by atoms with Crippen LogP contribution >= 0.6 is 11.3 Å². The van der Waals surface area contributed by atoms with Crippen LogP contribution in [0.1, 0.15) is 31.1 Å². The number of carbonyl (C=O) groups is 1. The van der Waals surface area contributed by atoms with E-state index in [4.69, 9.17) is 4.74 Å². The highest BCUT2D eigenvalue weighted by molar-refractivity contribution is 7.17. The van der Waals surface area contributed by atoms with Gasteiger partial charge in [0.15, 0.2) is 5.00 Å². The average molecular weight is 310 g/mol. The molecule has 0 unspecified atom stereocenters. The van der Waals surface area contributed by atoms with E-state index >= 15 is 0 Å². The number of nitro groups is 1. The predicted octanol–water partition coefficient (Wildman–Crippen LogP) is 3.22. The molecule has 0 radical (unpaired) electrons. The van der Waals surface area contributed by atoms with Gasteiger partial charge in [-0.15, -0.1) is 11.3 Å². The number of hydrogen-bond acceptors (Lipinski definition) is 6. The van der Waals surface area contributed by atoms with Gasteiger partial charge in [-0.3, -0.25) is 10.1 Å². The van der Waals surface area contributed by atoms with Crippen LogP contribution in [0.25, 0.3) is 6.08 Å². The number of thiophene rings is 1. The second-order valence-electron chi connectivity index (χ2n) is 4.73. The van der Waals surface area contributed by atoms with Crippen molar-refractivity contribution in [3.05, 3.63) is 27.1 Å². The molecule has 2 heterocycles. The Kier molecular flexibility index (Phi) is 5.32. The summed E-state index contributed by atoms with van der Waals surface area (Å²) in [4.78, 5) is 24.9. The summed E-state index contributed by atoms with van der Waals surface area (Å²) in [6, 6.07) is 1.52. The van der Waals surface area contributed by atoms with Crippen LogP contribution in [0.4, 0.5) is 10.7 Å². The first-order valence-corrected chi connectivity index (χ1v) is 7.81. The van der Waals surface area contributed by atoms with E-state index in [0.717, 1.165) is 25.9 Å². The Hall–Kier alpha value is -1.89. The number of piperidine rings is 1. The van der Waals surface area contributed by atoms with Crippen LogP contribution in [0.15, 0.2) is 12.1 Å². The van der Waals surface area contributed by atoms with Gasteiger partial charge in [-0.25, -0.2) is 4.79 Å². The molecule has 0 amide bonds. The summed E-state index contributed by atoms with van der Waals surface area (Å²) in [6.45, 7) is 3.74. The van der Waals surface area contributed by atoms with Gasteiger partial charge in [-0.2, -0.15) is 0 Å². The van der Waals surface area contributed by atoms with Crippen LogP contribution in [0.2, 0.25) is 0 Å². The molecule has 2 rings (SSSR count). The highest BCUT2D eigenvalue weighted by Gasteiger charge is 2.24. The maximum atomic E-state index is 11.3. The second-order valence-corrected chi connectivity index (χ2v) is 5.79. The van der Waals surface area contributed by atoms with Crippen molar-refractivity contribution in [2.24, 2.45) is 0 Å². The molecular weight excluding hydrogens is 292 g/mol. The minimum absolute atomic E-state index is 0.116. The van der Waals surface area contributed by atoms with Crippen molar-refractivity contribution < 1.29 is 14.5 Å². The lowest BCUT2D eigenvalue weighted by Gasteiger charge is -2.26. The van der Waals surface area contributed by atoms with Crippen molar-refractivity contribution in [3.63, 3.8) is 0 Å². The quantitative estimate of drug-likeness (QED) is 0.361.